The number of hydrogen-bond donors (Lipinski definition) is 0. The van der Waals surface area contributed by atoms with Gasteiger partial charge in [-0.1, -0.05) is 69.3 Å². The third-order valence-electron chi connectivity index (χ3n) is 8.63. The lowest BCUT2D eigenvalue weighted by Crippen LogP contribution is -2.56. The molecule has 6 nitrogen and oxygen atoms in total. The number of rotatable bonds is 7. The monoisotopic (exact) mass is 486 g/mol. The highest BCUT2D eigenvalue weighted by molar-refractivity contribution is 6.39. The molecule has 3 aliphatic carbocycles. The van der Waals surface area contributed by atoms with E-state index in [1.807, 2.05) is 57.2 Å². The van der Waals surface area contributed by atoms with Crippen LogP contribution in [0.15, 0.2) is 48.5 Å². The van der Waals surface area contributed by atoms with Crippen LogP contribution in [-0.2, 0) is 29.2 Å². The smallest absolute Gasteiger partial charge is 0.309 e. The van der Waals surface area contributed by atoms with Crippen molar-refractivity contribution in [1.29, 1.82) is 0 Å². The molecule has 7 heteroatoms. The summed E-state index contributed by atoms with van der Waals surface area (Å²) in [6.07, 6.45) is 0.650. The van der Waals surface area contributed by atoms with Gasteiger partial charge in [0.25, 0.3) is 0 Å². The van der Waals surface area contributed by atoms with Crippen LogP contribution in [0, 0.1) is 11.8 Å². The molecule has 1 fully saturated rings. The second-order valence-electron chi connectivity index (χ2n) is 11.5. The van der Waals surface area contributed by atoms with Crippen LogP contribution in [0.1, 0.15) is 69.2 Å². The molecule has 6 rings (SSSR count). The molecule has 2 atom stereocenters. The first-order chi connectivity index (χ1) is 17.0. The van der Waals surface area contributed by atoms with Gasteiger partial charge in [0, 0.05) is 18.6 Å². The summed E-state index contributed by atoms with van der Waals surface area (Å²) >= 11 is 0. The zero-order valence-electron chi connectivity index (χ0n) is 21.8. The maximum absolute atomic E-state index is 14.3. The Labute approximate surface area is 213 Å². The number of nitrogens with zero attached hydrogens (tertiary/aromatic N) is 1. The summed E-state index contributed by atoms with van der Waals surface area (Å²) < 4.78 is 11.2. The number of carbonyl (C=O) groups is 3. The second-order valence-corrected chi connectivity index (χ2v) is 11.5. The van der Waals surface area contributed by atoms with Crippen LogP contribution < -0.4 is 0 Å². The fraction of sp³-hybridized carbons (Fsp3) is 0.483. The van der Waals surface area contributed by atoms with Gasteiger partial charge in [-0.25, -0.2) is 0 Å². The Morgan fingerprint density at radius 2 is 1.53 bits per heavy atom. The van der Waals surface area contributed by atoms with Crippen molar-refractivity contribution in [2.45, 2.75) is 63.2 Å². The average molecular weight is 486 g/mol. The van der Waals surface area contributed by atoms with Crippen LogP contribution in [0.3, 0.4) is 0 Å². The van der Waals surface area contributed by atoms with Gasteiger partial charge in [-0.05, 0) is 42.5 Å². The summed E-state index contributed by atoms with van der Waals surface area (Å²) in [6, 6.07) is 16.0. The lowest BCUT2D eigenvalue weighted by molar-refractivity contribution is -0.152. The van der Waals surface area contributed by atoms with E-state index in [1.165, 1.54) is 19.5 Å². The van der Waals surface area contributed by atoms with Gasteiger partial charge in [-0.15, -0.1) is 0 Å². The van der Waals surface area contributed by atoms with E-state index in [0.717, 1.165) is 22.3 Å². The quantitative estimate of drug-likeness (QED) is 0.333. The molecule has 1 saturated heterocycles. The Morgan fingerprint density at radius 1 is 0.972 bits per heavy atom. The number of carbonyl (C=O) groups excluding carboxylic acids is 3. The third-order valence-corrected chi connectivity index (χ3v) is 8.63. The van der Waals surface area contributed by atoms with Crippen molar-refractivity contribution >= 4 is 25.3 Å². The molecule has 1 aliphatic heterocycles. The SMILES string of the molecule is CCC(C)(C)N1C(=O)C2C3c4ccccc4C(COC(=O)C(C)(C)[B]OC)(c4ccccc43)C2C1=O. The predicted octanol–water partition coefficient (Wildman–Crippen LogP) is 4.23. The second kappa shape index (κ2) is 8.30. The minimum Gasteiger partial charge on any atom is -0.464 e. The molecule has 2 bridgehead atoms. The molecule has 0 spiro atoms. The maximum atomic E-state index is 14.3. The molecule has 0 aromatic heterocycles. The summed E-state index contributed by atoms with van der Waals surface area (Å²) in [6.45, 7) is 9.31. The van der Waals surface area contributed by atoms with Crippen LogP contribution in [0.25, 0.3) is 0 Å². The fourth-order valence-corrected chi connectivity index (χ4v) is 6.64. The number of likely N-dealkylation sites (tertiary alicyclic amines) is 1. The van der Waals surface area contributed by atoms with Crippen molar-refractivity contribution in [2.75, 3.05) is 13.7 Å². The molecule has 4 aliphatic rings. The molecule has 0 N–H and O–H groups in total. The first-order valence-corrected chi connectivity index (χ1v) is 12.6. The number of hydrogen-bond acceptors (Lipinski definition) is 5. The lowest BCUT2D eigenvalue weighted by atomic mass is 9.47. The topological polar surface area (TPSA) is 72.9 Å². The van der Waals surface area contributed by atoms with Gasteiger partial charge in [-0.2, -0.15) is 0 Å². The highest BCUT2D eigenvalue weighted by Crippen LogP contribution is 2.64. The zero-order valence-corrected chi connectivity index (χ0v) is 21.8. The number of esters is 1. The molecule has 2 aromatic carbocycles. The average Bonchev–Trinajstić information content (AvgIpc) is 3.14. The van der Waals surface area contributed by atoms with E-state index < -0.39 is 34.1 Å². The van der Waals surface area contributed by atoms with Crippen LogP contribution in [0.2, 0.25) is 5.31 Å². The number of benzene rings is 2. The molecular formula is C29H33BNO5. The van der Waals surface area contributed by atoms with Gasteiger partial charge >= 0.3 is 13.5 Å². The minimum atomic E-state index is -0.971. The normalized spacial score (nSPS) is 26.4. The standard InChI is InChI=1S/C29H33BNO5/c1-7-27(2,3)31-24(32)22-21-17-12-8-10-14-19(17)29(23(22)25(31)33,20-15-11-9-13-18(20)21)16-36-26(34)28(4,5)30-35-6/h8-15,21-23H,7,16H2,1-6H3. The Kier molecular flexibility index (Phi) is 5.71. The summed E-state index contributed by atoms with van der Waals surface area (Å²) in [5, 5.41) is -0.971. The van der Waals surface area contributed by atoms with E-state index in [4.69, 9.17) is 9.39 Å². The van der Waals surface area contributed by atoms with Gasteiger partial charge < -0.3 is 9.39 Å². The van der Waals surface area contributed by atoms with E-state index in [0.29, 0.717) is 6.42 Å². The number of imide groups is 1. The summed E-state index contributed by atoms with van der Waals surface area (Å²) in [4.78, 5) is 43.0. The van der Waals surface area contributed by atoms with Gasteiger partial charge in [0.1, 0.15) is 6.61 Å². The largest absolute Gasteiger partial charge is 0.464 e. The fourth-order valence-electron chi connectivity index (χ4n) is 6.64. The third kappa shape index (κ3) is 3.18. The van der Waals surface area contributed by atoms with Crippen molar-refractivity contribution in [3.05, 3.63) is 70.8 Å². The van der Waals surface area contributed by atoms with E-state index >= 15 is 0 Å². The van der Waals surface area contributed by atoms with Gasteiger partial charge in [0.05, 0.1) is 22.6 Å². The Balaban J connectivity index is 1.72. The first-order valence-electron chi connectivity index (χ1n) is 12.6. The maximum Gasteiger partial charge on any atom is 0.309 e. The van der Waals surface area contributed by atoms with Crippen molar-refractivity contribution in [3.63, 3.8) is 0 Å². The zero-order chi connectivity index (χ0) is 26.0. The molecule has 2 amide bonds. The molecule has 36 heavy (non-hydrogen) atoms. The van der Waals surface area contributed by atoms with Crippen molar-refractivity contribution in [2.24, 2.45) is 11.8 Å². The summed E-state index contributed by atoms with van der Waals surface area (Å²) in [5.41, 5.74) is 2.43. The molecule has 187 valence electrons. The molecule has 2 aromatic rings. The van der Waals surface area contributed by atoms with E-state index in [-0.39, 0.29) is 24.3 Å². The van der Waals surface area contributed by atoms with Gasteiger partial charge in [0.15, 0.2) is 0 Å². The molecule has 2 unspecified atom stereocenters. The van der Waals surface area contributed by atoms with E-state index in [9.17, 15) is 14.4 Å². The Bertz CT molecular complexity index is 1200. The molecule has 1 radical (unpaired) electrons. The van der Waals surface area contributed by atoms with Crippen molar-refractivity contribution in [3.8, 4) is 0 Å². The van der Waals surface area contributed by atoms with E-state index in [2.05, 4.69) is 12.1 Å². The van der Waals surface area contributed by atoms with E-state index in [1.54, 1.807) is 13.8 Å². The molecule has 1 heterocycles. The summed E-state index contributed by atoms with van der Waals surface area (Å²) in [5.74, 6) is -2.15. The first kappa shape index (κ1) is 24.8. The molecular weight excluding hydrogens is 453 g/mol. The Morgan fingerprint density at radius 3 is 2.06 bits per heavy atom. The van der Waals surface area contributed by atoms with Crippen molar-refractivity contribution in [1.82, 2.24) is 4.90 Å². The van der Waals surface area contributed by atoms with Crippen LogP contribution in [0.4, 0.5) is 0 Å². The van der Waals surface area contributed by atoms with Crippen LogP contribution >= 0.6 is 0 Å². The van der Waals surface area contributed by atoms with Gasteiger partial charge in [-0.3, -0.25) is 19.3 Å². The predicted molar refractivity (Wildman–Crippen MR) is 136 cm³/mol. The Hall–Kier alpha value is -2.93. The van der Waals surface area contributed by atoms with Crippen LogP contribution in [0.5, 0.6) is 0 Å². The van der Waals surface area contributed by atoms with Crippen LogP contribution in [-0.4, -0.2) is 49.4 Å². The molecule has 0 saturated carbocycles. The van der Waals surface area contributed by atoms with Gasteiger partial charge in [0.2, 0.25) is 11.8 Å². The summed E-state index contributed by atoms with van der Waals surface area (Å²) in [7, 11) is 2.95. The van der Waals surface area contributed by atoms with Crippen molar-refractivity contribution < 1.29 is 23.8 Å². The lowest BCUT2D eigenvalue weighted by Gasteiger charge is -2.53. The minimum absolute atomic E-state index is 0.0336. The highest BCUT2D eigenvalue weighted by atomic mass is 16.5. The number of ether oxygens (including phenoxy) is 1. The number of amides is 2. The highest BCUT2D eigenvalue weighted by Gasteiger charge is 2.69.